The Hall–Kier alpha value is -3.86. The van der Waals surface area contributed by atoms with Gasteiger partial charge in [-0.05, 0) is 84.6 Å². The molecule has 0 aliphatic carbocycles. The molecule has 0 aromatic heterocycles. The largest absolute Gasteiger partial charge is 0.380 e. The summed E-state index contributed by atoms with van der Waals surface area (Å²) >= 11 is 0. The highest BCUT2D eigenvalue weighted by Gasteiger charge is 2.32. The van der Waals surface area contributed by atoms with Crippen molar-refractivity contribution >= 4 is 26.0 Å². The maximum absolute atomic E-state index is 12.4. The van der Waals surface area contributed by atoms with Gasteiger partial charge in [-0.25, -0.2) is 0 Å². The lowest BCUT2D eigenvalue weighted by Crippen LogP contribution is -2.42. The van der Waals surface area contributed by atoms with Gasteiger partial charge in [-0.2, -0.15) is 0 Å². The Morgan fingerprint density at radius 2 is 1.40 bits per heavy atom. The van der Waals surface area contributed by atoms with Crippen LogP contribution in [0.5, 0.6) is 0 Å². The predicted molar refractivity (Wildman–Crippen MR) is 182 cm³/mol. The molecule has 3 nitrogen and oxygen atoms in total. The molecule has 4 aromatic carbocycles. The molecule has 4 heteroatoms. The van der Waals surface area contributed by atoms with Crippen LogP contribution in [0.2, 0.25) is 0 Å². The first-order chi connectivity index (χ1) is 20.2. The van der Waals surface area contributed by atoms with Crippen LogP contribution in [0.15, 0.2) is 114 Å². The Kier molecular flexibility index (Phi) is 10.6. The van der Waals surface area contributed by atoms with Crippen LogP contribution in [-0.2, 0) is 18.4 Å². The number of rotatable bonds is 12. The summed E-state index contributed by atoms with van der Waals surface area (Å²) in [5, 5.41) is 14.3. The van der Waals surface area contributed by atoms with E-state index < -0.39 is 5.60 Å². The number of benzene rings is 4. The summed E-state index contributed by atoms with van der Waals surface area (Å²) in [6, 6.07) is 35.6. The molecule has 216 valence electrons. The van der Waals surface area contributed by atoms with E-state index >= 15 is 0 Å². The minimum absolute atomic E-state index is 0.573. The van der Waals surface area contributed by atoms with Gasteiger partial charge in [-0.1, -0.05) is 115 Å². The molecule has 1 atom stereocenters. The summed E-state index contributed by atoms with van der Waals surface area (Å²) in [4.78, 5) is 4.48. The van der Waals surface area contributed by atoms with Crippen molar-refractivity contribution in [3.05, 3.63) is 147 Å². The van der Waals surface area contributed by atoms with Gasteiger partial charge in [0.2, 0.25) is 0 Å². The second-order valence-corrected chi connectivity index (χ2v) is 11.7. The lowest BCUT2D eigenvalue weighted by molar-refractivity contribution is 0.0620. The smallest absolute Gasteiger partial charge is 0.139 e. The topological polar surface area (TPSA) is 26.7 Å². The fourth-order valence-electron chi connectivity index (χ4n) is 5.52. The third-order valence-electron chi connectivity index (χ3n) is 8.23. The maximum atomic E-state index is 12.4. The first-order valence-electron chi connectivity index (χ1n) is 14.9. The third kappa shape index (κ3) is 7.91. The van der Waals surface area contributed by atoms with E-state index in [4.69, 9.17) is 0 Å². The molecule has 42 heavy (non-hydrogen) atoms. The van der Waals surface area contributed by atoms with Gasteiger partial charge in [0.25, 0.3) is 0 Å². The Balaban J connectivity index is 1.82. The summed E-state index contributed by atoms with van der Waals surface area (Å²) in [6.45, 7) is 8.48. The number of hydrogen-bond acceptors (Lipinski definition) is 3. The Morgan fingerprint density at radius 3 is 2.00 bits per heavy atom. The average molecular weight is 557 g/mol. The maximum Gasteiger partial charge on any atom is 0.139 e. The standard InChI is InChI=1S/C38H45BN2O/c1-29-33(27-36(39)28-37(29)38(42,22-24-40(3)4)35-19-13-8-14-20-35)26-34(25-32-17-11-7-12-18-32)30(2)41(5)23-21-31-15-9-6-10-16-31/h6-20,26-28,42H,1,21-25,39H2,2-5H3/b33-26-,34-30+. The van der Waals surface area contributed by atoms with E-state index in [1.54, 1.807) is 0 Å². The molecule has 1 unspecified atom stereocenters. The van der Waals surface area contributed by atoms with Crippen LogP contribution >= 0.6 is 0 Å². The zero-order chi connectivity index (χ0) is 30.1. The molecular formula is C38H45BN2O. The van der Waals surface area contributed by atoms with Crippen molar-refractivity contribution in [3.63, 3.8) is 0 Å². The lowest BCUT2D eigenvalue weighted by atomic mass is 9.79. The van der Waals surface area contributed by atoms with Gasteiger partial charge in [0.1, 0.15) is 13.4 Å². The number of likely N-dealkylation sites (N-methyl/N-ethyl adjacent to an activating group) is 1. The van der Waals surface area contributed by atoms with Gasteiger partial charge in [0.15, 0.2) is 0 Å². The SMILES string of the molecule is Bc1cc(C(O)(CCN(C)C)c2ccccc2)c(=C)/c(=C\C(Cc2ccccc2)=C(/C)N(C)CCc2ccccc2)c1. The van der Waals surface area contributed by atoms with E-state index in [0.29, 0.717) is 6.42 Å². The first kappa shape index (κ1) is 31.1. The Morgan fingerprint density at radius 1 is 0.833 bits per heavy atom. The van der Waals surface area contributed by atoms with Crippen molar-refractivity contribution in [2.75, 3.05) is 34.2 Å². The Labute approximate surface area is 253 Å². The fraction of sp³-hybridized carbons (Fsp3) is 0.263. The molecule has 0 spiro atoms. The zero-order valence-corrected chi connectivity index (χ0v) is 26.0. The Bertz CT molecular complexity index is 1580. The average Bonchev–Trinajstić information content (AvgIpc) is 3.01. The number of nitrogens with zero attached hydrogens (tertiary/aromatic N) is 2. The highest BCUT2D eigenvalue weighted by molar-refractivity contribution is 6.32. The highest BCUT2D eigenvalue weighted by atomic mass is 16.3. The van der Waals surface area contributed by atoms with Gasteiger partial charge in [0.05, 0.1) is 0 Å². The van der Waals surface area contributed by atoms with E-state index in [0.717, 1.165) is 53.0 Å². The van der Waals surface area contributed by atoms with Crippen LogP contribution in [0.3, 0.4) is 0 Å². The molecule has 0 radical (unpaired) electrons. The summed E-state index contributed by atoms with van der Waals surface area (Å²) < 4.78 is 0. The summed E-state index contributed by atoms with van der Waals surface area (Å²) in [5.41, 5.74) is 6.81. The molecule has 4 aromatic rings. The number of allylic oxidation sites excluding steroid dienone is 2. The van der Waals surface area contributed by atoms with Crippen molar-refractivity contribution in [2.24, 2.45) is 0 Å². The van der Waals surface area contributed by atoms with Crippen molar-refractivity contribution in [2.45, 2.75) is 31.8 Å². The van der Waals surface area contributed by atoms with Crippen LogP contribution < -0.4 is 15.9 Å². The van der Waals surface area contributed by atoms with Crippen molar-refractivity contribution in [3.8, 4) is 0 Å². The van der Waals surface area contributed by atoms with Gasteiger partial charge in [-0.3, -0.25) is 0 Å². The first-order valence-corrected chi connectivity index (χ1v) is 14.9. The van der Waals surface area contributed by atoms with Crippen LogP contribution in [0, 0.1) is 0 Å². The van der Waals surface area contributed by atoms with E-state index in [1.807, 2.05) is 44.4 Å². The van der Waals surface area contributed by atoms with Crippen LogP contribution in [-0.4, -0.2) is 57.0 Å². The monoisotopic (exact) mass is 556 g/mol. The summed E-state index contributed by atoms with van der Waals surface area (Å²) in [6.07, 6.45) is 4.66. The molecule has 4 rings (SSSR count). The van der Waals surface area contributed by atoms with E-state index in [-0.39, 0.29) is 0 Å². The molecule has 0 bridgehead atoms. The van der Waals surface area contributed by atoms with Gasteiger partial charge in [0, 0.05) is 25.8 Å². The molecule has 0 fully saturated rings. The van der Waals surface area contributed by atoms with Crippen LogP contribution in [0.1, 0.15) is 35.6 Å². The van der Waals surface area contributed by atoms with Gasteiger partial charge >= 0.3 is 0 Å². The molecule has 0 aliphatic rings. The second-order valence-electron chi connectivity index (χ2n) is 11.7. The fourth-order valence-corrected chi connectivity index (χ4v) is 5.52. The number of hydrogen-bond donors (Lipinski definition) is 1. The van der Waals surface area contributed by atoms with Gasteiger partial charge < -0.3 is 14.9 Å². The predicted octanol–water partition coefficient (Wildman–Crippen LogP) is 4.01. The molecule has 0 saturated heterocycles. The minimum Gasteiger partial charge on any atom is -0.380 e. The van der Waals surface area contributed by atoms with Gasteiger partial charge in [-0.15, -0.1) is 0 Å². The summed E-state index contributed by atoms with van der Waals surface area (Å²) in [5.74, 6) is 0. The molecule has 1 N–H and O–H groups in total. The van der Waals surface area contributed by atoms with E-state index in [1.165, 1.54) is 22.4 Å². The molecule has 0 saturated carbocycles. The third-order valence-corrected chi connectivity index (χ3v) is 8.23. The van der Waals surface area contributed by atoms with E-state index in [9.17, 15) is 5.11 Å². The van der Waals surface area contributed by atoms with Crippen molar-refractivity contribution < 1.29 is 5.11 Å². The highest BCUT2D eigenvalue weighted by Crippen LogP contribution is 2.30. The van der Waals surface area contributed by atoms with Crippen molar-refractivity contribution in [1.29, 1.82) is 0 Å². The van der Waals surface area contributed by atoms with Crippen LogP contribution in [0.4, 0.5) is 0 Å². The normalized spacial score (nSPS) is 14.0. The number of aliphatic hydroxyl groups is 1. The van der Waals surface area contributed by atoms with E-state index in [2.05, 4.69) is 117 Å². The minimum atomic E-state index is -1.15. The molecular weight excluding hydrogens is 511 g/mol. The van der Waals surface area contributed by atoms with Crippen molar-refractivity contribution in [1.82, 2.24) is 9.80 Å². The lowest BCUT2D eigenvalue weighted by Gasteiger charge is -2.31. The zero-order valence-electron chi connectivity index (χ0n) is 26.0. The molecule has 0 aliphatic heterocycles. The van der Waals surface area contributed by atoms with Crippen LogP contribution in [0.25, 0.3) is 12.7 Å². The molecule has 0 amide bonds. The quantitative estimate of drug-likeness (QED) is 0.267. The molecule has 0 heterocycles. The second kappa shape index (κ2) is 14.4. The summed E-state index contributed by atoms with van der Waals surface area (Å²) in [7, 11) is 8.38.